The first-order valence-electron chi connectivity index (χ1n) is 3.21. The maximum absolute atomic E-state index is 11.0. The molecule has 6 nitrogen and oxygen atoms in total. The SMILES string of the molecule is CC(O)S(=O)(=O)C(C)OB(O)O.[NaH]. The summed E-state index contributed by atoms with van der Waals surface area (Å²) in [6.07, 6.45) is 0. The van der Waals surface area contributed by atoms with Gasteiger partial charge in [-0.3, -0.25) is 0 Å². The zero-order valence-electron chi connectivity index (χ0n) is 6.71. The normalized spacial score (nSPS) is 15.8. The molecule has 0 aromatic carbocycles. The summed E-state index contributed by atoms with van der Waals surface area (Å²) in [6, 6.07) is 0. The van der Waals surface area contributed by atoms with Gasteiger partial charge in [0.15, 0.2) is 5.44 Å². The molecule has 0 spiro atoms. The van der Waals surface area contributed by atoms with E-state index in [0.717, 1.165) is 13.8 Å². The molecule has 0 amide bonds. The topological polar surface area (TPSA) is 104 Å². The van der Waals surface area contributed by atoms with Crippen molar-refractivity contribution >= 4 is 46.7 Å². The van der Waals surface area contributed by atoms with Crippen molar-refractivity contribution in [2.75, 3.05) is 0 Å². The Morgan fingerprint density at radius 2 is 1.69 bits per heavy atom. The molecule has 0 aliphatic heterocycles. The van der Waals surface area contributed by atoms with Crippen LogP contribution in [0, 0.1) is 0 Å². The standard InChI is InChI=1S/C4H11BO6S.Na.H/c1-3(6)12(9,10)4(2)11-5(7)8;;/h3-4,6-8H,1-2H3;;. The number of hydrogen-bond donors (Lipinski definition) is 3. The second kappa shape index (κ2) is 6.36. The number of hydrogen-bond acceptors (Lipinski definition) is 6. The van der Waals surface area contributed by atoms with Crippen LogP contribution in [0.4, 0.5) is 0 Å². The molecule has 2 atom stereocenters. The third-order valence-corrected chi connectivity index (χ3v) is 3.24. The summed E-state index contributed by atoms with van der Waals surface area (Å²) in [5, 5.41) is 25.2. The summed E-state index contributed by atoms with van der Waals surface area (Å²) in [5.41, 5.74) is -3.04. The summed E-state index contributed by atoms with van der Waals surface area (Å²) < 4.78 is 26.1. The predicted octanol–water partition coefficient (Wildman–Crippen LogP) is -2.58. The molecule has 9 heteroatoms. The van der Waals surface area contributed by atoms with Crippen LogP contribution in [-0.4, -0.2) is 71.3 Å². The first-order chi connectivity index (χ1) is 5.28. The van der Waals surface area contributed by atoms with Crippen LogP contribution in [0.25, 0.3) is 0 Å². The molecule has 0 saturated carbocycles. The Labute approximate surface area is 99.3 Å². The van der Waals surface area contributed by atoms with E-state index in [1.54, 1.807) is 0 Å². The van der Waals surface area contributed by atoms with Crippen LogP contribution in [0.1, 0.15) is 13.8 Å². The molecule has 74 valence electrons. The molecule has 0 aromatic heterocycles. The Morgan fingerprint density at radius 3 is 1.92 bits per heavy atom. The molecule has 0 aliphatic carbocycles. The molecule has 3 N–H and O–H groups in total. The van der Waals surface area contributed by atoms with Crippen LogP contribution in [0.2, 0.25) is 0 Å². The van der Waals surface area contributed by atoms with Gasteiger partial charge in [0, 0.05) is 0 Å². The monoisotopic (exact) mass is 222 g/mol. The van der Waals surface area contributed by atoms with Gasteiger partial charge in [0.25, 0.3) is 0 Å². The average Bonchev–Trinajstić information content (AvgIpc) is 1.85. The van der Waals surface area contributed by atoms with Gasteiger partial charge in [0.2, 0.25) is 9.84 Å². The van der Waals surface area contributed by atoms with E-state index < -0.39 is 28.0 Å². The van der Waals surface area contributed by atoms with Gasteiger partial charge in [-0.2, -0.15) is 0 Å². The number of rotatable bonds is 4. The number of sulfone groups is 1. The van der Waals surface area contributed by atoms with Gasteiger partial charge in [-0.05, 0) is 13.8 Å². The Morgan fingerprint density at radius 1 is 1.31 bits per heavy atom. The molecule has 2 unspecified atom stereocenters. The van der Waals surface area contributed by atoms with Gasteiger partial charge in [-0.25, -0.2) is 8.42 Å². The minimum atomic E-state index is -3.86. The first-order valence-corrected chi connectivity index (χ1v) is 4.81. The molecule has 0 aliphatic rings. The van der Waals surface area contributed by atoms with Crippen LogP contribution in [-0.2, 0) is 14.5 Å². The van der Waals surface area contributed by atoms with Crippen LogP contribution >= 0.6 is 0 Å². The van der Waals surface area contributed by atoms with Crippen molar-refractivity contribution in [1.29, 1.82) is 0 Å². The summed E-state index contributed by atoms with van der Waals surface area (Å²) in [7, 11) is -6.02. The van der Waals surface area contributed by atoms with E-state index >= 15 is 0 Å². The first kappa shape index (κ1) is 16.3. The van der Waals surface area contributed by atoms with E-state index in [0.29, 0.717) is 0 Å². The van der Waals surface area contributed by atoms with Crippen molar-refractivity contribution < 1.29 is 28.2 Å². The third-order valence-electron chi connectivity index (χ3n) is 1.25. The zero-order valence-corrected chi connectivity index (χ0v) is 7.52. The summed E-state index contributed by atoms with van der Waals surface area (Å²) >= 11 is 0. The third kappa shape index (κ3) is 5.33. The fourth-order valence-electron chi connectivity index (χ4n) is 0.526. The van der Waals surface area contributed by atoms with Gasteiger partial charge >= 0.3 is 36.9 Å². The molecule has 0 heterocycles. The number of aliphatic hydroxyl groups is 1. The van der Waals surface area contributed by atoms with E-state index in [1.807, 2.05) is 0 Å². The van der Waals surface area contributed by atoms with Crippen LogP contribution in [0.5, 0.6) is 0 Å². The Kier molecular flexibility index (Phi) is 7.97. The number of aliphatic hydroxyl groups excluding tert-OH is 1. The maximum atomic E-state index is 11.0. The van der Waals surface area contributed by atoms with E-state index in [2.05, 4.69) is 4.65 Å². The van der Waals surface area contributed by atoms with E-state index in [1.165, 1.54) is 0 Å². The molecular weight excluding hydrogens is 210 g/mol. The predicted molar refractivity (Wildman–Crippen MR) is 48.5 cm³/mol. The van der Waals surface area contributed by atoms with Crippen molar-refractivity contribution in [2.45, 2.75) is 24.7 Å². The minimum absolute atomic E-state index is 0. The van der Waals surface area contributed by atoms with Crippen LogP contribution in [0.15, 0.2) is 0 Å². The van der Waals surface area contributed by atoms with E-state index in [4.69, 9.17) is 15.2 Å². The molecule has 13 heavy (non-hydrogen) atoms. The fraction of sp³-hybridized carbons (Fsp3) is 1.00. The average molecular weight is 222 g/mol. The molecule has 0 bridgehead atoms. The quantitative estimate of drug-likeness (QED) is 0.451. The van der Waals surface area contributed by atoms with Gasteiger partial charge in [-0.15, -0.1) is 0 Å². The summed E-state index contributed by atoms with van der Waals surface area (Å²) in [5.74, 6) is 0. The van der Waals surface area contributed by atoms with Crippen molar-refractivity contribution in [1.82, 2.24) is 0 Å². The molecule has 0 radical (unpaired) electrons. The van der Waals surface area contributed by atoms with E-state index in [9.17, 15) is 8.42 Å². The summed E-state index contributed by atoms with van der Waals surface area (Å²) in [6.45, 7) is 2.15. The van der Waals surface area contributed by atoms with E-state index in [-0.39, 0.29) is 29.6 Å². The molecule has 0 rings (SSSR count). The molecule has 0 fully saturated rings. The zero-order chi connectivity index (χ0) is 9.94. The van der Waals surface area contributed by atoms with Crippen molar-refractivity contribution in [3.05, 3.63) is 0 Å². The van der Waals surface area contributed by atoms with Gasteiger partial charge in [-0.1, -0.05) is 0 Å². The Balaban J connectivity index is 0. The van der Waals surface area contributed by atoms with Crippen molar-refractivity contribution in [3.8, 4) is 0 Å². The second-order valence-electron chi connectivity index (χ2n) is 2.22. The van der Waals surface area contributed by atoms with Gasteiger partial charge in [0.1, 0.15) is 5.44 Å². The Hall–Kier alpha value is 0.855. The molecule has 0 saturated heterocycles. The Bertz CT molecular complexity index is 227. The molecule has 0 aromatic rings. The second-order valence-corrected chi connectivity index (χ2v) is 4.74. The van der Waals surface area contributed by atoms with Crippen molar-refractivity contribution in [2.24, 2.45) is 0 Å². The van der Waals surface area contributed by atoms with Gasteiger partial charge < -0.3 is 19.8 Å². The van der Waals surface area contributed by atoms with Crippen LogP contribution < -0.4 is 0 Å². The fourth-order valence-corrected chi connectivity index (χ4v) is 1.34. The summed E-state index contributed by atoms with van der Waals surface area (Å²) in [4.78, 5) is 0. The van der Waals surface area contributed by atoms with Gasteiger partial charge in [0.05, 0.1) is 0 Å². The van der Waals surface area contributed by atoms with Crippen molar-refractivity contribution in [3.63, 3.8) is 0 Å². The molecular formula is C4H12BNaO6S. The van der Waals surface area contributed by atoms with Crippen LogP contribution in [0.3, 0.4) is 0 Å².